The number of allylic oxidation sites excluding steroid dienone is 1. The van der Waals surface area contributed by atoms with Crippen LogP contribution in [0, 0.1) is 11.6 Å². The van der Waals surface area contributed by atoms with E-state index in [2.05, 4.69) is 0 Å². The van der Waals surface area contributed by atoms with Crippen LogP contribution < -0.4 is 4.90 Å². The summed E-state index contributed by atoms with van der Waals surface area (Å²) in [6, 6.07) is 10.5. The molecule has 2 nitrogen and oxygen atoms in total. The van der Waals surface area contributed by atoms with Gasteiger partial charge in [0.1, 0.15) is 11.6 Å². The van der Waals surface area contributed by atoms with Crippen molar-refractivity contribution < 1.29 is 13.6 Å². The van der Waals surface area contributed by atoms with Gasteiger partial charge in [-0.15, -0.1) is 0 Å². The fourth-order valence-electron chi connectivity index (χ4n) is 1.83. The zero-order chi connectivity index (χ0) is 15.4. The van der Waals surface area contributed by atoms with Crippen molar-refractivity contribution in [2.75, 3.05) is 19.0 Å². The molecule has 0 amide bonds. The maximum atomic E-state index is 13.5. The quantitative estimate of drug-likeness (QED) is 0.627. The Balaban J connectivity index is 2.15. The highest BCUT2D eigenvalue weighted by molar-refractivity contribution is 6.07. The van der Waals surface area contributed by atoms with Crippen molar-refractivity contribution in [3.05, 3.63) is 71.3 Å². The Morgan fingerprint density at radius 1 is 1.05 bits per heavy atom. The van der Waals surface area contributed by atoms with Crippen LogP contribution >= 0.6 is 0 Å². The Hall–Kier alpha value is -2.49. The van der Waals surface area contributed by atoms with Crippen molar-refractivity contribution in [3.63, 3.8) is 0 Å². The van der Waals surface area contributed by atoms with E-state index in [4.69, 9.17) is 0 Å². The second kappa shape index (κ2) is 6.31. The van der Waals surface area contributed by atoms with Gasteiger partial charge in [0.2, 0.25) is 0 Å². The van der Waals surface area contributed by atoms with Gasteiger partial charge in [-0.2, -0.15) is 0 Å². The molecule has 2 aromatic rings. The summed E-state index contributed by atoms with van der Waals surface area (Å²) in [5.41, 5.74) is 1.73. The van der Waals surface area contributed by atoms with Gasteiger partial charge >= 0.3 is 0 Å². The monoisotopic (exact) mass is 287 g/mol. The molecule has 0 saturated heterocycles. The minimum atomic E-state index is -0.854. The minimum Gasteiger partial charge on any atom is -0.378 e. The van der Waals surface area contributed by atoms with E-state index in [-0.39, 0.29) is 5.56 Å². The fraction of sp³-hybridized carbons (Fsp3) is 0.118. The van der Waals surface area contributed by atoms with Crippen LogP contribution in [0.5, 0.6) is 0 Å². The summed E-state index contributed by atoms with van der Waals surface area (Å²) in [5, 5.41) is 0. The third kappa shape index (κ3) is 3.75. The number of carbonyl (C=O) groups excluding carboxylic acids is 1. The number of hydrogen-bond acceptors (Lipinski definition) is 2. The van der Waals surface area contributed by atoms with Gasteiger partial charge in [0.05, 0.1) is 5.56 Å². The molecule has 0 aliphatic carbocycles. The van der Waals surface area contributed by atoms with Crippen molar-refractivity contribution in [1.82, 2.24) is 0 Å². The molecule has 2 aromatic carbocycles. The topological polar surface area (TPSA) is 20.3 Å². The van der Waals surface area contributed by atoms with Crippen molar-refractivity contribution in [2.45, 2.75) is 0 Å². The molecule has 0 fully saturated rings. The van der Waals surface area contributed by atoms with Crippen LogP contribution in [0.25, 0.3) is 6.08 Å². The van der Waals surface area contributed by atoms with Crippen molar-refractivity contribution in [3.8, 4) is 0 Å². The van der Waals surface area contributed by atoms with Crippen LogP contribution in [-0.2, 0) is 0 Å². The van der Waals surface area contributed by atoms with Crippen LogP contribution in [-0.4, -0.2) is 19.9 Å². The standard InChI is InChI=1S/C17H15F2NO/c1-20(2)14-7-3-12(4-8-14)5-10-17(21)15-9-6-13(18)11-16(15)19/h3-11H,1-2H3/b10-5+. The number of ketones is 1. The van der Waals surface area contributed by atoms with Gasteiger partial charge < -0.3 is 4.90 Å². The summed E-state index contributed by atoms with van der Waals surface area (Å²) in [6.45, 7) is 0. The lowest BCUT2D eigenvalue weighted by atomic mass is 10.1. The Labute approximate surface area is 122 Å². The number of halogens is 2. The van der Waals surface area contributed by atoms with Gasteiger partial charge in [-0.05, 0) is 35.9 Å². The molecule has 0 unspecified atom stereocenters. The van der Waals surface area contributed by atoms with Gasteiger partial charge in [0.25, 0.3) is 0 Å². The molecule has 0 saturated carbocycles. The smallest absolute Gasteiger partial charge is 0.188 e. The molecule has 4 heteroatoms. The second-order valence-electron chi connectivity index (χ2n) is 4.81. The van der Waals surface area contributed by atoms with Gasteiger partial charge in [-0.1, -0.05) is 18.2 Å². The molecular weight excluding hydrogens is 272 g/mol. The maximum absolute atomic E-state index is 13.5. The minimum absolute atomic E-state index is 0.141. The van der Waals surface area contributed by atoms with Crippen molar-refractivity contribution in [2.24, 2.45) is 0 Å². The molecule has 0 aliphatic heterocycles. The molecule has 0 bridgehead atoms. The average molecular weight is 287 g/mol. The number of benzene rings is 2. The third-order valence-corrected chi connectivity index (χ3v) is 3.03. The summed E-state index contributed by atoms with van der Waals surface area (Å²) < 4.78 is 26.3. The first-order valence-electron chi connectivity index (χ1n) is 6.42. The molecule has 21 heavy (non-hydrogen) atoms. The molecular formula is C17H15F2NO. The molecule has 0 spiro atoms. The van der Waals surface area contributed by atoms with Gasteiger partial charge in [0, 0.05) is 25.8 Å². The molecule has 0 aromatic heterocycles. The van der Waals surface area contributed by atoms with Gasteiger partial charge in [-0.25, -0.2) is 8.78 Å². The van der Waals surface area contributed by atoms with Crippen LogP contribution in [0.3, 0.4) is 0 Å². The van der Waals surface area contributed by atoms with Crippen LogP contribution in [0.4, 0.5) is 14.5 Å². The number of anilines is 1. The average Bonchev–Trinajstić information content (AvgIpc) is 2.45. The highest BCUT2D eigenvalue weighted by Gasteiger charge is 2.09. The maximum Gasteiger partial charge on any atom is 0.188 e. The molecule has 0 heterocycles. The highest BCUT2D eigenvalue weighted by atomic mass is 19.1. The molecule has 0 aliphatic rings. The Morgan fingerprint density at radius 2 is 1.71 bits per heavy atom. The largest absolute Gasteiger partial charge is 0.378 e. The first-order chi connectivity index (χ1) is 9.97. The summed E-state index contributed by atoms with van der Waals surface area (Å²) in [5.74, 6) is -2.05. The molecule has 0 N–H and O–H groups in total. The molecule has 2 rings (SSSR count). The molecule has 108 valence electrons. The lowest BCUT2D eigenvalue weighted by molar-refractivity contribution is 0.104. The molecule has 0 atom stereocenters. The van der Waals surface area contributed by atoms with Crippen LogP contribution in [0.15, 0.2) is 48.5 Å². The van der Waals surface area contributed by atoms with Gasteiger partial charge in [0.15, 0.2) is 5.78 Å². The normalized spacial score (nSPS) is 10.9. The van der Waals surface area contributed by atoms with E-state index in [1.54, 1.807) is 6.08 Å². The van der Waals surface area contributed by atoms with Crippen molar-refractivity contribution >= 4 is 17.5 Å². The third-order valence-electron chi connectivity index (χ3n) is 3.03. The zero-order valence-corrected chi connectivity index (χ0v) is 11.8. The van der Waals surface area contributed by atoms with E-state index < -0.39 is 17.4 Å². The predicted molar refractivity (Wildman–Crippen MR) is 80.5 cm³/mol. The van der Waals surface area contributed by atoms with Gasteiger partial charge in [-0.3, -0.25) is 4.79 Å². The van der Waals surface area contributed by atoms with E-state index in [9.17, 15) is 13.6 Å². The number of hydrogen-bond donors (Lipinski definition) is 0. The lowest BCUT2D eigenvalue weighted by Crippen LogP contribution is -2.07. The van der Waals surface area contributed by atoms with E-state index >= 15 is 0 Å². The predicted octanol–water partition coefficient (Wildman–Crippen LogP) is 3.93. The summed E-state index contributed by atoms with van der Waals surface area (Å²) in [7, 11) is 3.87. The Bertz CT molecular complexity index is 676. The van der Waals surface area contributed by atoms with Crippen LogP contribution in [0.2, 0.25) is 0 Å². The highest BCUT2D eigenvalue weighted by Crippen LogP contribution is 2.15. The van der Waals surface area contributed by atoms with E-state index in [1.807, 2.05) is 43.3 Å². The van der Waals surface area contributed by atoms with E-state index in [0.717, 1.165) is 23.4 Å². The van der Waals surface area contributed by atoms with E-state index in [0.29, 0.717) is 6.07 Å². The number of nitrogens with zero attached hydrogens (tertiary/aromatic N) is 1. The zero-order valence-electron chi connectivity index (χ0n) is 11.8. The summed E-state index contributed by atoms with van der Waals surface area (Å²) >= 11 is 0. The van der Waals surface area contributed by atoms with E-state index in [1.165, 1.54) is 6.08 Å². The Morgan fingerprint density at radius 3 is 2.29 bits per heavy atom. The second-order valence-corrected chi connectivity index (χ2v) is 4.81. The summed E-state index contributed by atoms with van der Waals surface area (Å²) in [6.07, 6.45) is 2.88. The lowest BCUT2D eigenvalue weighted by Gasteiger charge is -2.11. The first kappa shape index (κ1) is 14.9. The molecule has 0 radical (unpaired) electrons. The van der Waals surface area contributed by atoms with Crippen molar-refractivity contribution in [1.29, 1.82) is 0 Å². The number of carbonyl (C=O) groups is 1. The SMILES string of the molecule is CN(C)c1ccc(/C=C/C(=O)c2ccc(F)cc2F)cc1. The first-order valence-corrected chi connectivity index (χ1v) is 6.42. The Kier molecular flexibility index (Phi) is 4.48. The number of rotatable bonds is 4. The summed E-state index contributed by atoms with van der Waals surface area (Å²) in [4.78, 5) is 13.8. The fourth-order valence-corrected chi connectivity index (χ4v) is 1.83. The van der Waals surface area contributed by atoms with Crippen LogP contribution in [0.1, 0.15) is 15.9 Å².